The van der Waals surface area contributed by atoms with E-state index < -0.39 is 6.10 Å². The summed E-state index contributed by atoms with van der Waals surface area (Å²) in [7, 11) is 0. The van der Waals surface area contributed by atoms with E-state index in [1.807, 2.05) is 11.8 Å². The topological polar surface area (TPSA) is 20.2 Å². The van der Waals surface area contributed by atoms with Gasteiger partial charge in [0, 0.05) is 33.4 Å². The van der Waals surface area contributed by atoms with Crippen molar-refractivity contribution in [3.05, 3.63) is 34.6 Å². The Morgan fingerprint density at radius 2 is 2.17 bits per heavy atom. The quantitative estimate of drug-likeness (QED) is 0.921. The van der Waals surface area contributed by atoms with Crippen LogP contribution in [0.2, 0.25) is 5.02 Å². The lowest BCUT2D eigenvalue weighted by molar-refractivity contribution is 0.170. The molecule has 18 heavy (non-hydrogen) atoms. The molecule has 1 heterocycles. The first-order valence-electron chi connectivity index (χ1n) is 5.93. The molecule has 1 aliphatic rings. The van der Waals surface area contributed by atoms with E-state index in [4.69, 9.17) is 11.6 Å². The van der Waals surface area contributed by atoms with Crippen molar-refractivity contribution in [2.75, 3.05) is 11.5 Å². The molecule has 0 bridgehead atoms. The molecule has 100 valence electrons. The molecule has 1 saturated heterocycles. The Morgan fingerprint density at radius 3 is 2.89 bits per heavy atom. The minimum absolute atomic E-state index is 0.169. The third-order valence-corrected chi connectivity index (χ3v) is 6.52. The molecule has 2 rings (SSSR count). The highest BCUT2D eigenvalue weighted by atomic mass is 35.5. The fraction of sp³-hybridized carbons (Fsp3) is 0.538. The standard InChI is InChI=1S/C13H16ClFOS2/c1-8-13(18-5-4-17-8)12(16)7-9-6-10(14)2-3-11(9)15/h2-3,6,8,12-13,16H,4-5,7H2,1H3. The molecule has 3 atom stereocenters. The molecule has 1 aliphatic heterocycles. The Hall–Kier alpha value is 0.1000. The van der Waals surface area contributed by atoms with E-state index in [0.717, 1.165) is 11.5 Å². The molecule has 0 aliphatic carbocycles. The summed E-state index contributed by atoms with van der Waals surface area (Å²) in [6, 6.07) is 4.49. The first-order chi connectivity index (χ1) is 8.58. The maximum Gasteiger partial charge on any atom is 0.126 e. The molecule has 1 N–H and O–H groups in total. The summed E-state index contributed by atoms with van der Waals surface area (Å²) in [6.07, 6.45) is -0.194. The first-order valence-corrected chi connectivity index (χ1v) is 8.40. The van der Waals surface area contributed by atoms with Gasteiger partial charge in [-0.25, -0.2) is 4.39 Å². The molecule has 0 aromatic heterocycles. The van der Waals surface area contributed by atoms with Crippen molar-refractivity contribution in [2.24, 2.45) is 0 Å². The fourth-order valence-electron chi connectivity index (χ4n) is 2.11. The molecule has 0 spiro atoms. The Balaban J connectivity index is 2.05. The van der Waals surface area contributed by atoms with Gasteiger partial charge in [0.25, 0.3) is 0 Å². The summed E-state index contributed by atoms with van der Waals surface area (Å²) in [5.74, 6) is 1.88. The van der Waals surface area contributed by atoms with E-state index >= 15 is 0 Å². The molecule has 0 radical (unpaired) electrons. The van der Waals surface area contributed by atoms with Crippen molar-refractivity contribution in [2.45, 2.75) is 29.9 Å². The second-order valence-electron chi connectivity index (χ2n) is 4.42. The zero-order valence-electron chi connectivity index (χ0n) is 10.1. The normalized spacial score (nSPS) is 26.0. The third-order valence-electron chi connectivity index (χ3n) is 3.05. The Bertz CT molecular complexity index is 416. The summed E-state index contributed by atoms with van der Waals surface area (Å²) in [5, 5.41) is 11.4. The van der Waals surface area contributed by atoms with Crippen molar-refractivity contribution < 1.29 is 9.50 Å². The van der Waals surface area contributed by atoms with Crippen molar-refractivity contribution >= 4 is 35.1 Å². The average Bonchev–Trinajstić information content (AvgIpc) is 2.34. The van der Waals surface area contributed by atoms with Crippen LogP contribution in [0, 0.1) is 5.82 Å². The predicted molar refractivity (Wildman–Crippen MR) is 79.3 cm³/mol. The van der Waals surface area contributed by atoms with E-state index in [0.29, 0.717) is 22.3 Å². The molecule has 0 amide bonds. The number of aliphatic hydroxyl groups is 1. The van der Waals surface area contributed by atoms with Crippen LogP contribution in [-0.2, 0) is 6.42 Å². The second kappa shape index (κ2) is 6.51. The van der Waals surface area contributed by atoms with Gasteiger partial charge < -0.3 is 5.11 Å². The van der Waals surface area contributed by atoms with E-state index in [1.165, 1.54) is 12.1 Å². The Labute approximate surface area is 120 Å². The summed E-state index contributed by atoms with van der Waals surface area (Å²) in [4.78, 5) is 0. The molecule has 1 nitrogen and oxygen atoms in total. The molecular formula is C13H16ClFOS2. The van der Waals surface area contributed by atoms with Gasteiger partial charge in [0.15, 0.2) is 0 Å². The number of aliphatic hydroxyl groups excluding tert-OH is 1. The van der Waals surface area contributed by atoms with Crippen LogP contribution in [0.5, 0.6) is 0 Å². The second-order valence-corrected chi connectivity index (χ2v) is 7.63. The van der Waals surface area contributed by atoms with Crippen LogP contribution in [0.15, 0.2) is 18.2 Å². The van der Waals surface area contributed by atoms with Crippen LogP contribution in [0.1, 0.15) is 12.5 Å². The smallest absolute Gasteiger partial charge is 0.126 e. The average molecular weight is 307 g/mol. The first kappa shape index (κ1) is 14.5. The minimum atomic E-state index is -0.522. The maximum atomic E-state index is 13.6. The lowest BCUT2D eigenvalue weighted by Gasteiger charge is -2.31. The van der Waals surface area contributed by atoms with Crippen LogP contribution in [0.25, 0.3) is 0 Å². The summed E-state index contributed by atoms with van der Waals surface area (Å²) in [6.45, 7) is 2.12. The Kier molecular flexibility index (Phi) is 5.24. The van der Waals surface area contributed by atoms with E-state index in [1.54, 1.807) is 17.8 Å². The number of benzene rings is 1. The number of hydrogen-bond donors (Lipinski definition) is 1. The van der Waals surface area contributed by atoms with Crippen LogP contribution >= 0.6 is 35.1 Å². The van der Waals surface area contributed by atoms with Gasteiger partial charge in [0.05, 0.1) is 6.10 Å². The van der Waals surface area contributed by atoms with Gasteiger partial charge in [0.1, 0.15) is 5.82 Å². The maximum absolute atomic E-state index is 13.6. The molecule has 3 unspecified atom stereocenters. The predicted octanol–water partition coefficient (Wildman–Crippen LogP) is 3.62. The summed E-state index contributed by atoms with van der Waals surface area (Å²) in [5.41, 5.74) is 0.498. The number of rotatable bonds is 3. The number of hydrogen-bond acceptors (Lipinski definition) is 3. The van der Waals surface area contributed by atoms with Gasteiger partial charge in [-0.3, -0.25) is 0 Å². The minimum Gasteiger partial charge on any atom is -0.392 e. The fourth-order valence-corrected chi connectivity index (χ4v) is 5.15. The molecule has 1 aromatic rings. The molecule has 0 saturated carbocycles. The highest BCUT2D eigenvalue weighted by molar-refractivity contribution is 8.07. The lowest BCUT2D eigenvalue weighted by atomic mass is 10.0. The van der Waals surface area contributed by atoms with Gasteiger partial charge in [-0.05, 0) is 23.8 Å². The van der Waals surface area contributed by atoms with E-state index in [2.05, 4.69) is 6.92 Å². The Morgan fingerprint density at radius 1 is 1.44 bits per heavy atom. The largest absolute Gasteiger partial charge is 0.392 e. The highest BCUT2D eigenvalue weighted by Gasteiger charge is 2.29. The zero-order valence-corrected chi connectivity index (χ0v) is 12.5. The van der Waals surface area contributed by atoms with Crippen LogP contribution in [0.4, 0.5) is 4.39 Å². The van der Waals surface area contributed by atoms with E-state index in [9.17, 15) is 9.50 Å². The molecule has 1 aromatic carbocycles. The monoisotopic (exact) mass is 306 g/mol. The number of halogens is 2. The van der Waals surface area contributed by atoms with Crippen molar-refractivity contribution in [3.8, 4) is 0 Å². The lowest BCUT2D eigenvalue weighted by Crippen LogP contribution is -2.36. The highest BCUT2D eigenvalue weighted by Crippen LogP contribution is 2.34. The van der Waals surface area contributed by atoms with Gasteiger partial charge in [-0.2, -0.15) is 23.5 Å². The van der Waals surface area contributed by atoms with Crippen molar-refractivity contribution in [1.82, 2.24) is 0 Å². The van der Waals surface area contributed by atoms with Gasteiger partial charge in [0.2, 0.25) is 0 Å². The summed E-state index contributed by atoms with van der Waals surface area (Å²) < 4.78 is 13.6. The van der Waals surface area contributed by atoms with Crippen molar-refractivity contribution in [3.63, 3.8) is 0 Å². The van der Waals surface area contributed by atoms with Crippen LogP contribution in [0.3, 0.4) is 0 Å². The third kappa shape index (κ3) is 3.56. The van der Waals surface area contributed by atoms with Gasteiger partial charge in [-0.1, -0.05) is 18.5 Å². The molecular weight excluding hydrogens is 291 g/mol. The van der Waals surface area contributed by atoms with E-state index in [-0.39, 0.29) is 11.1 Å². The van der Waals surface area contributed by atoms with Crippen LogP contribution < -0.4 is 0 Å². The van der Waals surface area contributed by atoms with Gasteiger partial charge >= 0.3 is 0 Å². The van der Waals surface area contributed by atoms with Crippen molar-refractivity contribution in [1.29, 1.82) is 0 Å². The summed E-state index contributed by atoms with van der Waals surface area (Å²) >= 11 is 9.51. The van der Waals surface area contributed by atoms with Gasteiger partial charge in [-0.15, -0.1) is 0 Å². The zero-order chi connectivity index (χ0) is 13.1. The molecule has 1 fully saturated rings. The number of thioether (sulfide) groups is 2. The SMILES string of the molecule is CC1SCCSC1C(O)Cc1cc(Cl)ccc1F. The van der Waals surface area contributed by atoms with Crippen LogP contribution in [-0.4, -0.2) is 33.2 Å². The molecule has 5 heteroatoms.